The molecule has 8 heteroatoms. The Kier molecular flexibility index (Phi) is 6.43. The maximum Gasteiger partial charge on any atom is 0.326 e. The number of carbonyl (C=O) groups is 4. The van der Waals surface area contributed by atoms with Gasteiger partial charge >= 0.3 is 12.0 Å². The second-order valence-corrected chi connectivity index (χ2v) is 10.1. The fourth-order valence-electron chi connectivity index (χ4n) is 5.80. The minimum Gasteiger partial charge on any atom is -0.454 e. The lowest BCUT2D eigenvalue weighted by atomic mass is 9.64. The summed E-state index contributed by atoms with van der Waals surface area (Å²) in [5.74, 6) is -1.03. The maximum absolute atomic E-state index is 13.1. The number of hydrogen-bond acceptors (Lipinski definition) is 5. The number of amides is 4. The first-order valence-electron chi connectivity index (χ1n) is 11.2. The van der Waals surface area contributed by atoms with Gasteiger partial charge < -0.3 is 15.0 Å². The number of rotatable bonds is 5. The molecule has 0 aromatic heterocycles. The number of likely N-dealkylation sites (tertiary alicyclic amines) is 1. The van der Waals surface area contributed by atoms with Crippen molar-refractivity contribution in [2.75, 3.05) is 19.7 Å². The minimum atomic E-state index is -0.948. The van der Waals surface area contributed by atoms with Gasteiger partial charge in [0.25, 0.3) is 11.8 Å². The Labute approximate surface area is 178 Å². The van der Waals surface area contributed by atoms with Crippen LogP contribution in [0.15, 0.2) is 0 Å². The molecular formula is C22H35N3O5. The zero-order chi connectivity index (χ0) is 22.1. The molecule has 1 saturated carbocycles. The van der Waals surface area contributed by atoms with Crippen molar-refractivity contribution in [1.82, 2.24) is 15.1 Å². The Hall–Kier alpha value is -2.12. The zero-order valence-electron chi connectivity index (χ0n) is 18.7. The van der Waals surface area contributed by atoms with Gasteiger partial charge in [0.05, 0.1) is 0 Å². The van der Waals surface area contributed by atoms with Crippen molar-refractivity contribution in [3.8, 4) is 0 Å². The lowest BCUT2D eigenvalue weighted by Crippen LogP contribution is -2.54. The van der Waals surface area contributed by atoms with Crippen molar-refractivity contribution in [3.63, 3.8) is 0 Å². The second kappa shape index (κ2) is 8.55. The summed E-state index contributed by atoms with van der Waals surface area (Å²) in [7, 11) is 0. The fraction of sp³-hybridized carbons (Fsp3) is 0.818. The summed E-state index contributed by atoms with van der Waals surface area (Å²) in [6.45, 7) is 8.17. The van der Waals surface area contributed by atoms with Crippen LogP contribution in [0.3, 0.4) is 0 Å². The van der Waals surface area contributed by atoms with Crippen molar-refractivity contribution >= 4 is 23.8 Å². The summed E-state index contributed by atoms with van der Waals surface area (Å²) in [6.07, 6.45) is 6.00. The average Bonchev–Trinajstić information content (AvgIpc) is 2.87. The van der Waals surface area contributed by atoms with Gasteiger partial charge in [0.1, 0.15) is 12.1 Å². The average molecular weight is 422 g/mol. The molecule has 0 aromatic carbocycles. The molecule has 1 spiro atoms. The summed E-state index contributed by atoms with van der Waals surface area (Å²) in [4.78, 5) is 53.1. The van der Waals surface area contributed by atoms with Crippen molar-refractivity contribution in [2.24, 2.45) is 11.3 Å². The van der Waals surface area contributed by atoms with Gasteiger partial charge in [-0.2, -0.15) is 0 Å². The highest BCUT2D eigenvalue weighted by Crippen LogP contribution is 2.46. The second-order valence-electron chi connectivity index (χ2n) is 10.1. The van der Waals surface area contributed by atoms with Crippen LogP contribution >= 0.6 is 0 Å². The van der Waals surface area contributed by atoms with Crippen molar-refractivity contribution in [2.45, 2.75) is 84.2 Å². The highest BCUT2D eigenvalue weighted by Gasteiger charge is 2.56. The minimum absolute atomic E-state index is 0.0756. The summed E-state index contributed by atoms with van der Waals surface area (Å²) in [5.41, 5.74) is -1.02. The topological polar surface area (TPSA) is 96.0 Å². The van der Waals surface area contributed by atoms with E-state index in [2.05, 4.69) is 26.1 Å². The van der Waals surface area contributed by atoms with Crippen LogP contribution in [0.1, 0.15) is 72.6 Å². The largest absolute Gasteiger partial charge is 0.454 e. The third-order valence-electron chi connectivity index (χ3n) is 6.69. The molecule has 30 heavy (non-hydrogen) atoms. The van der Waals surface area contributed by atoms with Crippen LogP contribution in [0.5, 0.6) is 0 Å². The number of hydrogen-bond donors (Lipinski definition) is 1. The lowest BCUT2D eigenvalue weighted by Gasteiger charge is -2.43. The van der Waals surface area contributed by atoms with E-state index < -0.39 is 24.1 Å². The molecule has 2 heterocycles. The highest BCUT2D eigenvalue weighted by atomic mass is 16.5. The van der Waals surface area contributed by atoms with E-state index in [9.17, 15) is 19.2 Å². The predicted molar refractivity (Wildman–Crippen MR) is 110 cm³/mol. The SMILES string of the molecule is CCC1CCCCN1C(=O)COC(=O)CN1C(=O)NC2(CC(C)CC(C)(C)C2)C1=O. The van der Waals surface area contributed by atoms with E-state index in [1.165, 1.54) is 0 Å². The van der Waals surface area contributed by atoms with Gasteiger partial charge in [0, 0.05) is 12.6 Å². The summed E-state index contributed by atoms with van der Waals surface area (Å²) in [5, 5.41) is 2.84. The van der Waals surface area contributed by atoms with Crippen LogP contribution in [-0.2, 0) is 19.1 Å². The van der Waals surface area contributed by atoms with Crippen molar-refractivity contribution < 1.29 is 23.9 Å². The van der Waals surface area contributed by atoms with E-state index >= 15 is 0 Å². The smallest absolute Gasteiger partial charge is 0.326 e. The van der Waals surface area contributed by atoms with Crippen LogP contribution in [0.2, 0.25) is 0 Å². The van der Waals surface area contributed by atoms with Crippen molar-refractivity contribution in [1.29, 1.82) is 0 Å². The molecule has 2 saturated heterocycles. The summed E-state index contributed by atoms with van der Waals surface area (Å²) in [6, 6.07) is -0.373. The molecule has 0 bridgehead atoms. The molecule has 0 radical (unpaired) electrons. The number of imide groups is 1. The number of ether oxygens (including phenoxy) is 1. The third-order valence-corrected chi connectivity index (χ3v) is 6.69. The quantitative estimate of drug-likeness (QED) is 0.543. The van der Waals surface area contributed by atoms with E-state index in [4.69, 9.17) is 4.74 Å². The van der Waals surface area contributed by atoms with Gasteiger partial charge in [-0.1, -0.05) is 27.7 Å². The van der Waals surface area contributed by atoms with Gasteiger partial charge in [0.2, 0.25) is 0 Å². The predicted octanol–water partition coefficient (Wildman–Crippen LogP) is 2.46. The Morgan fingerprint density at radius 1 is 1.20 bits per heavy atom. The zero-order valence-corrected chi connectivity index (χ0v) is 18.7. The molecule has 3 rings (SSSR count). The van der Waals surface area contributed by atoms with Gasteiger partial charge in [-0.05, 0) is 56.3 Å². The van der Waals surface area contributed by atoms with E-state index in [0.29, 0.717) is 25.3 Å². The molecule has 1 aliphatic carbocycles. The van der Waals surface area contributed by atoms with Crippen LogP contribution in [0.25, 0.3) is 0 Å². The Bertz CT molecular complexity index is 722. The molecule has 8 nitrogen and oxygen atoms in total. The first-order chi connectivity index (χ1) is 14.1. The van der Waals surface area contributed by atoms with Gasteiger partial charge in [-0.25, -0.2) is 4.79 Å². The van der Waals surface area contributed by atoms with Crippen LogP contribution in [0, 0.1) is 11.3 Å². The first kappa shape index (κ1) is 22.6. The van der Waals surface area contributed by atoms with Crippen LogP contribution in [-0.4, -0.2) is 64.9 Å². The Morgan fingerprint density at radius 2 is 1.93 bits per heavy atom. The maximum atomic E-state index is 13.1. The molecular weight excluding hydrogens is 386 g/mol. The Morgan fingerprint density at radius 3 is 2.60 bits per heavy atom. The molecule has 168 valence electrons. The van der Waals surface area contributed by atoms with E-state index in [-0.39, 0.29) is 29.9 Å². The van der Waals surface area contributed by atoms with Crippen LogP contribution in [0.4, 0.5) is 4.79 Å². The van der Waals surface area contributed by atoms with Gasteiger partial charge in [-0.3, -0.25) is 19.3 Å². The number of esters is 1. The fourth-order valence-corrected chi connectivity index (χ4v) is 5.80. The molecule has 1 N–H and O–H groups in total. The molecule has 3 atom stereocenters. The first-order valence-corrected chi connectivity index (χ1v) is 11.2. The monoisotopic (exact) mass is 421 g/mol. The standard InChI is InChI=1S/C22H35N3O5/c1-5-16-8-6-7-9-24(16)17(26)13-30-18(27)12-25-19(28)22(23-20(25)29)11-15(2)10-21(3,4)14-22/h15-16H,5-14H2,1-4H3,(H,23,29). The third kappa shape index (κ3) is 4.62. The molecule has 2 aliphatic heterocycles. The number of nitrogens with zero attached hydrogens (tertiary/aromatic N) is 2. The summed E-state index contributed by atoms with van der Waals surface area (Å²) < 4.78 is 5.14. The van der Waals surface area contributed by atoms with E-state index in [1.807, 2.05) is 6.92 Å². The lowest BCUT2D eigenvalue weighted by molar-refractivity contribution is -0.155. The number of carbonyl (C=O) groups excluding carboxylic acids is 4. The van der Waals surface area contributed by atoms with Crippen molar-refractivity contribution in [3.05, 3.63) is 0 Å². The van der Waals surface area contributed by atoms with Gasteiger partial charge in [0.15, 0.2) is 6.61 Å². The van der Waals surface area contributed by atoms with E-state index in [1.54, 1.807) is 4.90 Å². The Balaban J connectivity index is 1.57. The van der Waals surface area contributed by atoms with E-state index in [0.717, 1.165) is 37.0 Å². The molecule has 3 unspecified atom stereocenters. The molecule has 4 amide bonds. The normalized spacial score (nSPS) is 31.1. The highest BCUT2D eigenvalue weighted by molar-refractivity contribution is 6.08. The number of nitrogens with one attached hydrogen (secondary N) is 1. The molecule has 3 fully saturated rings. The van der Waals surface area contributed by atoms with Crippen LogP contribution < -0.4 is 5.32 Å². The molecule has 3 aliphatic rings. The number of piperidine rings is 1. The molecule has 0 aromatic rings. The summed E-state index contributed by atoms with van der Waals surface area (Å²) >= 11 is 0. The van der Waals surface area contributed by atoms with Gasteiger partial charge in [-0.15, -0.1) is 0 Å². The number of urea groups is 1.